The largest absolute Gasteiger partial charge is 0.384 e. The molecule has 2 heterocycles. The van der Waals surface area contributed by atoms with Gasteiger partial charge in [-0.2, -0.15) is 5.21 Å². The molecule has 3 rings (SSSR count). The lowest BCUT2D eigenvalue weighted by molar-refractivity contribution is 0.584. The van der Waals surface area contributed by atoms with Crippen LogP contribution in [0.5, 0.6) is 0 Å². The van der Waals surface area contributed by atoms with Crippen LogP contribution in [0.2, 0.25) is 0 Å². The molecule has 154 valence electrons. The molecule has 29 heavy (non-hydrogen) atoms. The quantitative estimate of drug-likeness (QED) is 0.291. The lowest BCUT2D eigenvalue weighted by Gasteiger charge is -2.19. The number of nitrogens with zero attached hydrogens (tertiary/aromatic N) is 4. The maximum Gasteiger partial charge on any atom is 0.240 e. The van der Waals surface area contributed by atoms with Crippen LogP contribution in [-0.2, 0) is 26.5 Å². The van der Waals surface area contributed by atoms with Crippen molar-refractivity contribution in [2.75, 3.05) is 12.3 Å². The van der Waals surface area contributed by atoms with Gasteiger partial charge in [0.1, 0.15) is 15.6 Å². The Kier molecular flexibility index (Phi) is 5.33. The van der Waals surface area contributed by atoms with E-state index in [9.17, 15) is 16.8 Å². The minimum Gasteiger partial charge on any atom is -0.384 e. The molecular formula is C14H17N9O4S2. The number of sulfonamides is 2. The number of hydrogen-bond acceptors (Lipinski definition) is 10. The van der Waals surface area contributed by atoms with Crippen molar-refractivity contribution in [1.29, 1.82) is 0 Å². The number of primary sulfonamides is 2. The molecule has 0 aliphatic carbocycles. The van der Waals surface area contributed by atoms with Gasteiger partial charge in [0.05, 0.1) is 5.56 Å². The average Bonchev–Trinajstić information content (AvgIpc) is 3.14. The summed E-state index contributed by atoms with van der Waals surface area (Å²) in [6.07, 6.45) is 1.57. The Morgan fingerprint density at radius 2 is 1.76 bits per heavy atom. The van der Waals surface area contributed by atoms with Crippen LogP contribution in [0.1, 0.15) is 5.56 Å². The second kappa shape index (κ2) is 7.45. The van der Waals surface area contributed by atoms with Gasteiger partial charge in [0.2, 0.25) is 25.9 Å². The van der Waals surface area contributed by atoms with E-state index in [1.807, 2.05) is 0 Å². The van der Waals surface area contributed by atoms with Crippen molar-refractivity contribution in [1.82, 2.24) is 25.6 Å². The van der Waals surface area contributed by atoms with Crippen molar-refractivity contribution < 1.29 is 16.8 Å². The number of benzene rings is 1. The molecule has 15 heteroatoms. The number of aromatic amines is 1. The van der Waals surface area contributed by atoms with Crippen LogP contribution in [0, 0.1) is 0 Å². The van der Waals surface area contributed by atoms with Crippen LogP contribution in [0.25, 0.3) is 22.5 Å². The summed E-state index contributed by atoms with van der Waals surface area (Å²) in [5, 5.41) is 23.9. The highest BCUT2D eigenvalue weighted by atomic mass is 32.2. The van der Waals surface area contributed by atoms with Gasteiger partial charge in [-0.25, -0.2) is 32.1 Å². The molecule has 0 atom stereocenters. The molecule has 0 unspecified atom stereocenters. The maximum atomic E-state index is 12.4. The molecule has 13 nitrogen and oxygen atoms in total. The molecular weight excluding hydrogens is 422 g/mol. The summed E-state index contributed by atoms with van der Waals surface area (Å²) in [4.78, 5) is 2.55. The number of H-pyrrole nitrogens is 1. The number of nitrogens with one attached hydrogen (secondary N) is 1. The molecule has 0 radical (unpaired) electrons. The molecule has 0 aliphatic heterocycles. The minimum absolute atomic E-state index is 0.125. The molecule has 0 saturated heterocycles. The van der Waals surface area contributed by atoms with Gasteiger partial charge in [-0.15, -0.1) is 10.2 Å². The summed E-state index contributed by atoms with van der Waals surface area (Å²) in [7, 11) is -9.10. The minimum atomic E-state index is -4.60. The Labute approximate surface area is 165 Å². The number of anilines is 1. The Balaban J connectivity index is 2.60. The topological polar surface area (TPSA) is 240 Å². The summed E-state index contributed by atoms with van der Waals surface area (Å²) in [5.74, 6) is 0.0210. The summed E-state index contributed by atoms with van der Waals surface area (Å²) in [6, 6.07) is 4.19. The van der Waals surface area contributed by atoms with Crippen LogP contribution in [0.15, 0.2) is 34.2 Å². The van der Waals surface area contributed by atoms with E-state index in [-0.39, 0.29) is 35.7 Å². The number of rotatable bonds is 6. The number of tetrazole rings is 1. The van der Waals surface area contributed by atoms with Crippen LogP contribution >= 0.6 is 0 Å². The molecule has 0 aliphatic rings. The first kappa shape index (κ1) is 20.7. The second-order valence-corrected chi connectivity index (χ2v) is 8.98. The normalized spacial score (nSPS) is 12.2. The summed E-state index contributed by atoms with van der Waals surface area (Å²) in [5.41, 5.74) is 12.2. The lowest BCUT2D eigenvalue weighted by Crippen LogP contribution is -2.23. The zero-order valence-electron chi connectivity index (χ0n) is 14.8. The van der Waals surface area contributed by atoms with Gasteiger partial charge in [0, 0.05) is 11.8 Å². The number of nitrogens with two attached hydrogens (primary N) is 4. The third kappa shape index (κ3) is 4.08. The van der Waals surface area contributed by atoms with E-state index in [0.717, 1.165) is 6.07 Å². The second-order valence-electron chi connectivity index (χ2n) is 5.95. The monoisotopic (exact) mass is 439 g/mol. The zero-order chi connectivity index (χ0) is 21.4. The lowest BCUT2D eigenvalue weighted by atomic mass is 9.93. The molecule has 1 aromatic carbocycles. The molecule has 0 bridgehead atoms. The molecule has 2 aromatic heterocycles. The van der Waals surface area contributed by atoms with E-state index in [4.69, 9.17) is 21.7 Å². The molecule has 0 saturated carbocycles. The summed E-state index contributed by atoms with van der Waals surface area (Å²) < 4.78 is 49.3. The van der Waals surface area contributed by atoms with Gasteiger partial charge < -0.3 is 11.5 Å². The highest BCUT2D eigenvalue weighted by Crippen LogP contribution is 2.41. The molecule has 9 N–H and O–H groups in total. The van der Waals surface area contributed by atoms with Crippen molar-refractivity contribution in [3.63, 3.8) is 0 Å². The Morgan fingerprint density at radius 1 is 1.03 bits per heavy atom. The number of nitrogen functional groups attached to an aromatic ring is 1. The predicted molar refractivity (Wildman–Crippen MR) is 103 cm³/mol. The van der Waals surface area contributed by atoms with Gasteiger partial charge in [-0.05, 0) is 47.5 Å². The van der Waals surface area contributed by atoms with E-state index < -0.39 is 29.8 Å². The molecule has 3 aromatic rings. The van der Waals surface area contributed by atoms with E-state index in [2.05, 4.69) is 25.6 Å². The number of hydrogen-bond donors (Lipinski definition) is 5. The van der Waals surface area contributed by atoms with Gasteiger partial charge in [-0.1, -0.05) is 0 Å². The van der Waals surface area contributed by atoms with Crippen molar-refractivity contribution in [2.45, 2.75) is 16.2 Å². The molecule has 0 spiro atoms. The third-order valence-electron chi connectivity index (χ3n) is 3.98. The maximum absolute atomic E-state index is 12.4. The average molecular weight is 439 g/mol. The van der Waals surface area contributed by atoms with Gasteiger partial charge >= 0.3 is 0 Å². The predicted octanol–water partition coefficient (Wildman–Crippen LogP) is -1.69. The van der Waals surface area contributed by atoms with Crippen molar-refractivity contribution in [3.05, 3.63) is 30.0 Å². The molecule has 0 fully saturated rings. The zero-order valence-corrected chi connectivity index (χ0v) is 16.4. The van der Waals surface area contributed by atoms with Crippen molar-refractivity contribution in [3.8, 4) is 22.5 Å². The highest BCUT2D eigenvalue weighted by molar-refractivity contribution is 7.92. The van der Waals surface area contributed by atoms with E-state index >= 15 is 0 Å². The highest BCUT2D eigenvalue weighted by Gasteiger charge is 2.32. The van der Waals surface area contributed by atoms with Crippen LogP contribution in [0.4, 0.5) is 5.82 Å². The van der Waals surface area contributed by atoms with Gasteiger partial charge in [0.25, 0.3) is 0 Å². The Hall–Kier alpha value is -2.98. The fourth-order valence-corrected chi connectivity index (χ4v) is 5.08. The van der Waals surface area contributed by atoms with Crippen molar-refractivity contribution >= 4 is 25.9 Å². The first-order valence-electron chi connectivity index (χ1n) is 7.95. The van der Waals surface area contributed by atoms with Crippen LogP contribution in [0.3, 0.4) is 0 Å². The van der Waals surface area contributed by atoms with E-state index in [1.54, 1.807) is 6.07 Å². The van der Waals surface area contributed by atoms with Crippen LogP contribution in [-0.4, -0.2) is 49.0 Å². The first-order valence-corrected chi connectivity index (χ1v) is 11.0. The Morgan fingerprint density at radius 3 is 2.24 bits per heavy atom. The van der Waals surface area contributed by atoms with Gasteiger partial charge in [0.15, 0.2) is 0 Å². The third-order valence-corrected chi connectivity index (χ3v) is 6.03. The smallest absolute Gasteiger partial charge is 0.240 e. The number of aromatic nitrogens is 5. The number of pyridine rings is 1. The summed E-state index contributed by atoms with van der Waals surface area (Å²) >= 11 is 0. The standard InChI is InChI=1S/C14H17N9O4S2/c15-4-3-7-5-9(28(17,24)25)13(29(18,26)27)12(14-20-22-23-21-14)11(7)8-1-2-10(16)19-6-8/h1-2,5-6H,3-4,15H2,(H2,16,19)(H2,17,24,25)(H2,18,26,27)(H,20,21,22,23). The van der Waals surface area contributed by atoms with Crippen molar-refractivity contribution in [2.24, 2.45) is 16.0 Å². The van der Waals surface area contributed by atoms with Crippen LogP contribution < -0.4 is 21.7 Å². The van der Waals surface area contributed by atoms with E-state index in [1.165, 1.54) is 12.3 Å². The fraction of sp³-hybridized carbons (Fsp3) is 0.143. The molecule has 0 amide bonds. The fourth-order valence-electron chi connectivity index (χ4n) is 2.90. The van der Waals surface area contributed by atoms with E-state index in [0.29, 0.717) is 11.1 Å². The van der Waals surface area contributed by atoms with Gasteiger partial charge in [-0.3, -0.25) is 0 Å². The Bertz CT molecular complexity index is 1260. The first-order chi connectivity index (χ1) is 13.5. The SMILES string of the molecule is NCCc1cc(S(N)(=O)=O)c(S(N)(=O)=O)c(-c2nn[nH]n2)c1-c1ccc(N)nc1. The summed E-state index contributed by atoms with van der Waals surface area (Å²) in [6.45, 7) is 0.125.